The van der Waals surface area contributed by atoms with Gasteiger partial charge in [-0.05, 0) is 31.4 Å². The molecule has 1 saturated heterocycles. The lowest BCUT2D eigenvalue weighted by Crippen LogP contribution is -2.35. The van der Waals surface area contributed by atoms with Gasteiger partial charge in [-0.25, -0.2) is 4.99 Å². The summed E-state index contributed by atoms with van der Waals surface area (Å²) in [4.78, 5) is 14.3. The third-order valence-electron chi connectivity index (χ3n) is 4.74. The molecule has 2 aliphatic rings. The first-order valence-corrected chi connectivity index (χ1v) is 8.39. The second-order valence-corrected chi connectivity index (χ2v) is 6.35. The minimum Gasteiger partial charge on any atom is -0.363 e. The summed E-state index contributed by atoms with van der Waals surface area (Å²) in [7, 11) is 4.28. The molecule has 0 amide bonds. The average Bonchev–Trinajstić information content (AvgIpc) is 3.19. The molecular weight excluding hydrogens is 272 g/mol. The Labute approximate surface area is 133 Å². The predicted molar refractivity (Wildman–Crippen MR) is 92.9 cm³/mol. The van der Waals surface area contributed by atoms with E-state index < -0.39 is 0 Å². The second-order valence-electron chi connectivity index (χ2n) is 6.35. The molecule has 0 radical (unpaired) electrons. The van der Waals surface area contributed by atoms with Gasteiger partial charge in [0.25, 0.3) is 0 Å². The number of rotatable bonds is 2. The number of likely N-dealkylation sites (tertiary alicyclic amines) is 1. The summed E-state index contributed by atoms with van der Waals surface area (Å²) in [6.07, 6.45) is 7.41. The topological polar surface area (TPSA) is 31.2 Å². The highest BCUT2D eigenvalue weighted by Crippen LogP contribution is 2.24. The maximum atomic E-state index is 4.91. The third kappa shape index (κ3) is 3.49. The molecular formula is C18H26N4. The van der Waals surface area contributed by atoms with Crippen molar-refractivity contribution in [3.63, 3.8) is 0 Å². The van der Waals surface area contributed by atoms with Crippen molar-refractivity contribution in [2.45, 2.75) is 44.6 Å². The Balaban J connectivity index is 1.89. The van der Waals surface area contributed by atoms with Crippen LogP contribution < -0.4 is 0 Å². The molecule has 0 atom stereocenters. The fourth-order valence-electron chi connectivity index (χ4n) is 3.31. The number of nitrogens with zero attached hydrogens (tertiary/aromatic N) is 4. The Morgan fingerprint density at radius 3 is 2.50 bits per heavy atom. The Kier molecular flexibility index (Phi) is 4.76. The first-order chi connectivity index (χ1) is 10.7. The van der Waals surface area contributed by atoms with Crippen molar-refractivity contribution in [3.05, 3.63) is 30.3 Å². The number of hydrogen-bond acceptors (Lipinski definition) is 1. The summed E-state index contributed by atoms with van der Waals surface area (Å²) in [5.74, 6) is 2.03. The molecule has 0 spiro atoms. The minimum atomic E-state index is 0.582. The summed E-state index contributed by atoms with van der Waals surface area (Å²) < 4.78 is 0. The first kappa shape index (κ1) is 15.1. The van der Waals surface area contributed by atoms with Crippen LogP contribution in [0.5, 0.6) is 0 Å². The molecule has 0 bridgehead atoms. The molecule has 0 unspecified atom stereocenters. The zero-order valence-electron chi connectivity index (χ0n) is 13.7. The van der Waals surface area contributed by atoms with Crippen LogP contribution in [0.15, 0.2) is 40.3 Å². The molecule has 22 heavy (non-hydrogen) atoms. The van der Waals surface area contributed by atoms with Gasteiger partial charge in [0.15, 0.2) is 0 Å². The fraction of sp³-hybridized carbons (Fsp3) is 0.556. The molecule has 1 heterocycles. The van der Waals surface area contributed by atoms with Gasteiger partial charge in [-0.15, -0.1) is 0 Å². The van der Waals surface area contributed by atoms with E-state index in [9.17, 15) is 0 Å². The standard InChI is InChI=1S/C18H26N4/c1-21-14-8-13-17(21)20-18(19-15-9-4-3-5-10-15)22(2)16-11-6-7-12-16/h3-5,9-10,16H,6-8,11-14H2,1-2H3/b19-18+,20-17-. The van der Waals surface area contributed by atoms with E-state index in [1.165, 1.54) is 37.9 Å². The zero-order chi connectivity index (χ0) is 15.4. The highest BCUT2D eigenvalue weighted by molar-refractivity contribution is 5.97. The maximum absolute atomic E-state index is 4.91. The van der Waals surface area contributed by atoms with Gasteiger partial charge in [0.1, 0.15) is 5.84 Å². The summed E-state index contributed by atoms with van der Waals surface area (Å²) in [6, 6.07) is 10.7. The van der Waals surface area contributed by atoms with E-state index in [0.717, 1.165) is 24.6 Å². The van der Waals surface area contributed by atoms with Gasteiger partial charge in [0.2, 0.25) is 5.96 Å². The van der Waals surface area contributed by atoms with Gasteiger partial charge in [0.05, 0.1) is 5.69 Å². The quantitative estimate of drug-likeness (QED) is 0.616. The van der Waals surface area contributed by atoms with Gasteiger partial charge >= 0.3 is 0 Å². The van der Waals surface area contributed by atoms with E-state index >= 15 is 0 Å². The van der Waals surface area contributed by atoms with Gasteiger partial charge in [-0.2, -0.15) is 4.99 Å². The van der Waals surface area contributed by atoms with Crippen LogP contribution in [0.4, 0.5) is 5.69 Å². The molecule has 0 aromatic heterocycles. The number of aliphatic imine (C=N–C) groups is 2. The molecule has 0 N–H and O–H groups in total. The van der Waals surface area contributed by atoms with E-state index in [1.807, 2.05) is 30.3 Å². The van der Waals surface area contributed by atoms with Crippen LogP contribution in [0.25, 0.3) is 0 Å². The molecule has 3 rings (SSSR count). The molecule has 1 aromatic rings. The molecule has 1 aromatic carbocycles. The highest BCUT2D eigenvalue weighted by atomic mass is 15.3. The number of benzene rings is 1. The van der Waals surface area contributed by atoms with Crippen molar-refractivity contribution < 1.29 is 0 Å². The Morgan fingerprint density at radius 2 is 1.86 bits per heavy atom. The smallest absolute Gasteiger partial charge is 0.227 e. The molecule has 4 heteroatoms. The maximum Gasteiger partial charge on any atom is 0.227 e. The molecule has 2 fully saturated rings. The van der Waals surface area contributed by atoms with Crippen LogP contribution in [-0.2, 0) is 0 Å². The van der Waals surface area contributed by atoms with E-state index in [-0.39, 0.29) is 0 Å². The van der Waals surface area contributed by atoms with E-state index in [1.54, 1.807) is 0 Å². The van der Waals surface area contributed by atoms with Crippen LogP contribution in [0.3, 0.4) is 0 Å². The van der Waals surface area contributed by atoms with Gasteiger partial charge in [0, 0.05) is 33.1 Å². The van der Waals surface area contributed by atoms with Crippen molar-refractivity contribution in [1.29, 1.82) is 0 Å². The first-order valence-electron chi connectivity index (χ1n) is 8.39. The van der Waals surface area contributed by atoms with Crippen molar-refractivity contribution >= 4 is 17.5 Å². The summed E-state index contributed by atoms with van der Waals surface area (Å²) >= 11 is 0. The van der Waals surface area contributed by atoms with Gasteiger partial charge in [-0.1, -0.05) is 31.0 Å². The van der Waals surface area contributed by atoms with E-state index in [2.05, 4.69) is 23.9 Å². The summed E-state index contributed by atoms with van der Waals surface area (Å²) in [6.45, 7) is 1.10. The van der Waals surface area contributed by atoms with Crippen LogP contribution in [0.2, 0.25) is 0 Å². The molecule has 1 aliphatic carbocycles. The largest absolute Gasteiger partial charge is 0.363 e. The zero-order valence-corrected chi connectivity index (χ0v) is 13.7. The number of guanidine groups is 1. The van der Waals surface area contributed by atoms with Crippen LogP contribution in [-0.4, -0.2) is 48.3 Å². The second kappa shape index (κ2) is 6.95. The monoisotopic (exact) mass is 298 g/mol. The summed E-state index contributed by atoms with van der Waals surface area (Å²) in [5.41, 5.74) is 0.979. The Morgan fingerprint density at radius 1 is 1.14 bits per heavy atom. The lowest BCUT2D eigenvalue weighted by Gasteiger charge is -2.26. The molecule has 4 nitrogen and oxygen atoms in total. The lowest BCUT2D eigenvalue weighted by atomic mass is 10.2. The van der Waals surface area contributed by atoms with Crippen LogP contribution in [0.1, 0.15) is 38.5 Å². The SMILES string of the molecule is CN1CCC/C1=N/C(=N\c1ccccc1)N(C)C1CCCC1. The van der Waals surface area contributed by atoms with E-state index in [4.69, 9.17) is 9.98 Å². The third-order valence-corrected chi connectivity index (χ3v) is 4.74. The van der Waals surface area contributed by atoms with Crippen LogP contribution >= 0.6 is 0 Å². The van der Waals surface area contributed by atoms with Gasteiger partial charge in [-0.3, -0.25) is 0 Å². The number of para-hydroxylation sites is 1. The Bertz CT molecular complexity index is 543. The average molecular weight is 298 g/mol. The summed E-state index contributed by atoms with van der Waals surface area (Å²) in [5, 5.41) is 0. The van der Waals surface area contributed by atoms with Crippen LogP contribution in [0, 0.1) is 0 Å². The minimum absolute atomic E-state index is 0.582. The Hall–Kier alpha value is -1.84. The van der Waals surface area contributed by atoms with Gasteiger partial charge < -0.3 is 9.80 Å². The fourth-order valence-corrected chi connectivity index (χ4v) is 3.31. The normalized spacial score (nSPS) is 21.8. The predicted octanol–water partition coefficient (Wildman–Crippen LogP) is 3.67. The van der Waals surface area contributed by atoms with E-state index in [0.29, 0.717) is 6.04 Å². The van der Waals surface area contributed by atoms with Crippen molar-refractivity contribution in [2.24, 2.45) is 9.98 Å². The number of amidine groups is 1. The molecule has 1 aliphatic heterocycles. The van der Waals surface area contributed by atoms with Crippen molar-refractivity contribution in [2.75, 3.05) is 20.6 Å². The number of hydrogen-bond donors (Lipinski definition) is 0. The molecule has 118 valence electrons. The lowest BCUT2D eigenvalue weighted by molar-refractivity contribution is 0.368. The van der Waals surface area contributed by atoms with Crippen molar-refractivity contribution in [3.8, 4) is 0 Å². The van der Waals surface area contributed by atoms with Crippen molar-refractivity contribution in [1.82, 2.24) is 9.80 Å². The molecule has 1 saturated carbocycles. The highest BCUT2D eigenvalue weighted by Gasteiger charge is 2.23.